The van der Waals surface area contributed by atoms with E-state index in [-0.39, 0.29) is 11.9 Å². The van der Waals surface area contributed by atoms with E-state index in [4.69, 9.17) is 4.74 Å². The van der Waals surface area contributed by atoms with Crippen molar-refractivity contribution in [3.8, 4) is 0 Å². The Morgan fingerprint density at radius 1 is 1.24 bits per heavy atom. The third-order valence-electron chi connectivity index (χ3n) is 5.45. The molecule has 2 aliphatic rings. The van der Waals surface area contributed by atoms with Crippen LogP contribution in [0.25, 0.3) is 5.52 Å². The molecular formula is C20H27N3O2. The van der Waals surface area contributed by atoms with Crippen LogP contribution in [0.4, 0.5) is 0 Å². The number of hydrogen-bond donors (Lipinski definition) is 1. The highest BCUT2D eigenvalue weighted by Gasteiger charge is 2.24. The van der Waals surface area contributed by atoms with Crippen LogP contribution < -0.4 is 5.32 Å². The number of rotatable bonds is 4. The second kappa shape index (κ2) is 7.18. The number of nitrogens with one attached hydrogen (secondary N) is 1. The van der Waals surface area contributed by atoms with Gasteiger partial charge in [-0.05, 0) is 55.9 Å². The number of carbonyl (C=O) groups is 1. The Bertz CT molecular complexity index is 740. The van der Waals surface area contributed by atoms with E-state index in [9.17, 15) is 4.79 Å². The topological polar surface area (TPSA) is 46.0 Å². The molecule has 0 bridgehead atoms. The number of likely N-dealkylation sites (tertiary alicyclic amines) is 1. The number of hydrogen-bond acceptors (Lipinski definition) is 3. The van der Waals surface area contributed by atoms with Crippen LogP contribution in [0.2, 0.25) is 0 Å². The van der Waals surface area contributed by atoms with E-state index in [1.165, 1.54) is 12.0 Å². The van der Waals surface area contributed by atoms with Gasteiger partial charge in [-0.25, -0.2) is 0 Å². The monoisotopic (exact) mass is 341 g/mol. The predicted octanol–water partition coefficient (Wildman–Crippen LogP) is 2.48. The van der Waals surface area contributed by atoms with Gasteiger partial charge in [0.25, 0.3) is 5.91 Å². The normalized spacial score (nSPS) is 22.5. The molecule has 0 saturated carbocycles. The highest BCUT2D eigenvalue weighted by Crippen LogP contribution is 2.18. The fourth-order valence-electron chi connectivity index (χ4n) is 4.01. The average molecular weight is 341 g/mol. The maximum Gasteiger partial charge on any atom is 0.252 e. The van der Waals surface area contributed by atoms with Crippen LogP contribution in [0, 0.1) is 12.8 Å². The summed E-state index contributed by atoms with van der Waals surface area (Å²) in [4.78, 5) is 15.1. The second-order valence-electron chi connectivity index (χ2n) is 7.55. The fourth-order valence-corrected chi connectivity index (χ4v) is 4.01. The quantitative estimate of drug-likeness (QED) is 0.929. The summed E-state index contributed by atoms with van der Waals surface area (Å²) in [7, 11) is 0. The van der Waals surface area contributed by atoms with Crippen LogP contribution in [0.15, 0.2) is 30.6 Å². The molecule has 5 nitrogen and oxygen atoms in total. The molecule has 2 aromatic rings. The number of pyridine rings is 1. The van der Waals surface area contributed by atoms with Crippen LogP contribution in [0.1, 0.15) is 35.2 Å². The van der Waals surface area contributed by atoms with Gasteiger partial charge in [-0.15, -0.1) is 0 Å². The summed E-state index contributed by atoms with van der Waals surface area (Å²) in [5, 5.41) is 3.22. The zero-order valence-electron chi connectivity index (χ0n) is 14.9. The Labute approximate surface area is 149 Å². The zero-order valence-corrected chi connectivity index (χ0v) is 14.9. The van der Waals surface area contributed by atoms with E-state index >= 15 is 0 Å². The lowest BCUT2D eigenvalue weighted by atomic mass is 10.0. The predicted molar refractivity (Wildman–Crippen MR) is 98.0 cm³/mol. The maximum absolute atomic E-state index is 12.6. The Morgan fingerprint density at radius 2 is 2.08 bits per heavy atom. The van der Waals surface area contributed by atoms with Gasteiger partial charge in [-0.3, -0.25) is 4.79 Å². The summed E-state index contributed by atoms with van der Waals surface area (Å²) >= 11 is 0. The SMILES string of the molecule is Cc1cc2ccc(C(=O)NC3CCN(CC4CCOC4)CC3)cn2c1. The van der Waals surface area contributed by atoms with E-state index < -0.39 is 0 Å². The summed E-state index contributed by atoms with van der Waals surface area (Å²) in [6, 6.07) is 6.33. The van der Waals surface area contributed by atoms with Gasteiger partial charge in [0.05, 0.1) is 12.2 Å². The van der Waals surface area contributed by atoms with Crippen molar-refractivity contribution >= 4 is 11.4 Å². The highest BCUT2D eigenvalue weighted by molar-refractivity contribution is 5.94. The highest BCUT2D eigenvalue weighted by atomic mass is 16.5. The van der Waals surface area contributed by atoms with Crippen molar-refractivity contribution in [3.63, 3.8) is 0 Å². The van der Waals surface area contributed by atoms with Crippen molar-refractivity contribution in [1.82, 2.24) is 14.6 Å². The van der Waals surface area contributed by atoms with Gasteiger partial charge in [0.2, 0.25) is 0 Å². The van der Waals surface area contributed by atoms with E-state index in [2.05, 4.69) is 29.4 Å². The summed E-state index contributed by atoms with van der Waals surface area (Å²) < 4.78 is 7.49. The summed E-state index contributed by atoms with van der Waals surface area (Å²) in [5.41, 5.74) is 3.06. The van der Waals surface area contributed by atoms with Crippen LogP contribution in [-0.4, -0.2) is 54.1 Å². The van der Waals surface area contributed by atoms with Crippen molar-refractivity contribution in [2.24, 2.45) is 5.92 Å². The summed E-state index contributed by atoms with van der Waals surface area (Å²) in [5.74, 6) is 0.735. The van der Waals surface area contributed by atoms with Gasteiger partial charge in [-0.2, -0.15) is 0 Å². The minimum atomic E-state index is 0.0379. The number of amides is 1. The van der Waals surface area contributed by atoms with Crippen LogP contribution in [-0.2, 0) is 4.74 Å². The first kappa shape index (κ1) is 16.6. The zero-order chi connectivity index (χ0) is 17.2. The molecule has 4 rings (SSSR count). The Kier molecular flexibility index (Phi) is 4.77. The number of fused-ring (bicyclic) bond motifs is 1. The lowest BCUT2D eigenvalue weighted by Gasteiger charge is -2.33. The number of aromatic nitrogens is 1. The molecule has 2 fully saturated rings. The molecule has 0 aromatic carbocycles. The number of piperidine rings is 1. The van der Waals surface area contributed by atoms with Crippen LogP contribution in [0.3, 0.4) is 0 Å². The van der Waals surface area contributed by atoms with Crippen molar-refractivity contribution in [1.29, 1.82) is 0 Å². The number of carbonyl (C=O) groups excluding carboxylic acids is 1. The van der Waals surface area contributed by atoms with Gasteiger partial charge >= 0.3 is 0 Å². The first-order valence-corrected chi connectivity index (χ1v) is 9.37. The molecule has 0 spiro atoms. The Balaban J connectivity index is 1.30. The molecule has 0 aliphatic carbocycles. The average Bonchev–Trinajstić information content (AvgIpc) is 3.24. The molecular weight excluding hydrogens is 314 g/mol. The van der Waals surface area contributed by atoms with E-state index in [0.29, 0.717) is 5.92 Å². The molecule has 134 valence electrons. The standard InChI is InChI=1S/C20H27N3O2/c1-15-10-19-3-2-17(13-23(19)11-15)20(24)21-18-4-7-22(8-5-18)12-16-6-9-25-14-16/h2-3,10-11,13,16,18H,4-9,12,14H2,1H3,(H,21,24). The number of nitrogens with zero attached hydrogens (tertiary/aromatic N) is 2. The van der Waals surface area contributed by atoms with E-state index in [1.54, 1.807) is 0 Å². The van der Waals surface area contributed by atoms with E-state index in [1.807, 2.05) is 22.7 Å². The van der Waals surface area contributed by atoms with Gasteiger partial charge in [-0.1, -0.05) is 0 Å². The number of ether oxygens (including phenoxy) is 1. The molecule has 2 aliphatic heterocycles. The second-order valence-corrected chi connectivity index (χ2v) is 7.55. The lowest BCUT2D eigenvalue weighted by Crippen LogP contribution is -2.45. The molecule has 1 unspecified atom stereocenters. The van der Waals surface area contributed by atoms with Gasteiger partial charge < -0.3 is 19.4 Å². The van der Waals surface area contributed by atoms with Crippen molar-refractivity contribution < 1.29 is 9.53 Å². The van der Waals surface area contributed by atoms with E-state index in [0.717, 1.165) is 56.8 Å². The summed E-state index contributed by atoms with van der Waals surface area (Å²) in [6.07, 6.45) is 7.23. The molecule has 5 heteroatoms. The minimum Gasteiger partial charge on any atom is -0.381 e. The van der Waals surface area contributed by atoms with Gasteiger partial charge in [0, 0.05) is 50.2 Å². The Morgan fingerprint density at radius 3 is 2.84 bits per heavy atom. The first-order valence-electron chi connectivity index (χ1n) is 9.37. The molecule has 1 N–H and O–H groups in total. The molecule has 2 saturated heterocycles. The van der Waals surface area contributed by atoms with Crippen LogP contribution in [0.5, 0.6) is 0 Å². The smallest absolute Gasteiger partial charge is 0.252 e. The molecule has 2 aromatic heterocycles. The van der Waals surface area contributed by atoms with Crippen molar-refractivity contribution in [2.75, 3.05) is 32.8 Å². The Hall–Kier alpha value is -1.85. The molecule has 25 heavy (non-hydrogen) atoms. The molecule has 0 radical (unpaired) electrons. The minimum absolute atomic E-state index is 0.0379. The third-order valence-corrected chi connectivity index (χ3v) is 5.45. The third kappa shape index (κ3) is 3.88. The molecule has 1 atom stereocenters. The van der Waals surface area contributed by atoms with Gasteiger partial charge in [0.15, 0.2) is 0 Å². The fraction of sp³-hybridized carbons (Fsp3) is 0.550. The molecule has 4 heterocycles. The summed E-state index contributed by atoms with van der Waals surface area (Å²) in [6.45, 7) is 7.18. The van der Waals surface area contributed by atoms with Crippen molar-refractivity contribution in [3.05, 3.63) is 41.7 Å². The van der Waals surface area contributed by atoms with Crippen molar-refractivity contribution in [2.45, 2.75) is 32.2 Å². The largest absolute Gasteiger partial charge is 0.381 e. The number of aryl methyl sites for hydroxylation is 1. The van der Waals surface area contributed by atoms with Crippen LogP contribution >= 0.6 is 0 Å². The molecule has 1 amide bonds. The maximum atomic E-state index is 12.6. The lowest BCUT2D eigenvalue weighted by molar-refractivity contribution is 0.0903. The first-order chi connectivity index (χ1) is 12.2. The van der Waals surface area contributed by atoms with Gasteiger partial charge in [0.1, 0.15) is 0 Å².